The standard InChI is InChI=1S/C20H18N4O3S/c1-9-13(8-21)19(22)24-17-16-12(7-15(25)23-20(16)28-18(9)17)11-6-10(26-2)4-5-14(11)27-3/h4-6,12H,7H2,1-3H3,(H2,22,24)(H,23,25)/p+1/t12-/m0/s1. The number of ether oxygens (including phenoxy) is 2. The van der Waals surface area contributed by atoms with Crippen LogP contribution in [0.15, 0.2) is 18.2 Å². The molecule has 0 saturated carbocycles. The first-order valence-corrected chi connectivity index (χ1v) is 9.49. The number of rotatable bonds is 3. The molecule has 7 nitrogen and oxygen atoms in total. The van der Waals surface area contributed by atoms with Gasteiger partial charge in [0.2, 0.25) is 5.91 Å². The Bertz CT molecular complexity index is 1160. The van der Waals surface area contributed by atoms with Gasteiger partial charge in [-0.05, 0) is 30.7 Å². The van der Waals surface area contributed by atoms with E-state index in [1.54, 1.807) is 14.2 Å². The fourth-order valence-electron chi connectivity index (χ4n) is 3.76. The summed E-state index contributed by atoms with van der Waals surface area (Å²) >= 11 is 1.45. The fourth-order valence-corrected chi connectivity index (χ4v) is 5.00. The van der Waals surface area contributed by atoms with Gasteiger partial charge in [0.05, 0.1) is 18.9 Å². The number of hydrogen-bond donors (Lipinski definition) is 2. The maximum Gasteiger partial charge on any atom is 0.289 e. The van der Waals surface area contributed by atoms with Crippen molar-refractivity contribution in [3.63, 3.8) is 0 Å². The van der Waals surface area contributed by atoms with Crippen molar-refractivity contribution in [1.82, 2.24) is 0 Å². The number of benzene rings is 1. The largest absolute Gasteiger partial charge is 0.497 e. The number of nitrogens with two attached hydrogens (primary N) is 1. The Morgan fingerprint density at radius 3 is 2.82 bits per heavy atom. The number of carbonyl (C=O) groups excluding carboxylic acids is 1. The summed E-state index contributed by atoms with van der Waals surface area (Å²) in [6, 6.07) is 7.71. The van der Waals surface area contributed by atoms with Crippen LogP contribution in [-0.4, -0.2) is 20.1 Å². The summed E-state index contributed by atoms with van der Waals surface area (Å²) in [5.74, 6) is 1.39. The van der Waals surface area contributed by atoms with Crippen LogP contribution in [0.4, 0.5) is 10.8 Å². The summed E-state index contributed by atoms with van der Waals surface area (Å²) in [5.41, 5.74) is 9.98. The van der Waals surface area contributed by atoms with Gasteiger partial charge in [0.1, 0.15) is 33.6 Å². The molecule has 4 N–H and O–H groups in total. The number of aromatic amines is 1. The van der Waals surface area contributed by atoms with Gasteiger partial charge in [-0.15, -0.1) is 11.3 Å². The molecular weight excluding hydrogens is 376 g/mol. The highest BCUT2D eigenvalue weighted by Crippen LogP contribution is 2.48. The van der Waals surface area contributed by atoms with Crippen LogP contribution < -0.4 is 25.5 Å². The van der Waals surface area contributed by atoms with Crippen molar-refractivity contribution in [1.29, 1.82) is 5.26 Å². The maximum atomic E-state index is 12.5. The number of hydrogen-bond acceptors (Lipinski definition) is 6. The van der Waals surface area contributed by atoms with Crippen LogP contribution in [0.5, 0.6) is 11.5 Å². The Hall–Kier alpha value is -3.31. The van der Waals surface area contributed by atoms with E-state index in [4.69, 9.17) is 15.2 Å². The second kappa shape index (κ2) is 6.69. The lowest BCUT2D eigenvalue weighted by Crippen LogP contribution is -2.24. The van der Waals surface area contributed by atoms with E-state index >= 15 is 0 Å². The third kappa shape index (κ3) is 2.63. The van der Waals surface area contributed by atoms with E-state index in [9.17, 15) is 10.1 Å². The van der Waals surface area contributed by atoms with Crippen molar-refractivity contribution in [2.24, 2.45) is 0 Å². The molecule has 0 fully saturated rings. The van der Waals surface area contributed by atoms with Crippen molar-refractivity contribution in [3.05, 3.63) is 40.5 Å². The summed E-state index contributed by atoms with van der Waals surface area (Å²) < 4.78 is 11.8. The first-order valence-electron chi connectivity index (χ1n) is 8.68. The van der Waals surface area contributed by atoms with Crippen LogP contribution >= 0.6 is 11.3 Å². The number of nitrogens with one attached hydrogen (secondary N) is 2. The van der Waals surface area contributed by atoms with Crippen molar-refractivity contribution < 1.29 is 19.3 Å². The Morgan fingerprint density at radius 2 is 2.14 bits per heavy atom. The number of carbonyl (C=O) groups is 1. The molecule has 1 atom stereocenters. The minimum absolute atomic E-state index is 0.0694. The number of aromatic nitrogens is 1. The second-order valence-electron chi connectivity index (χ2n) is 6.61. The normalized spacial score (nSPS) is 15.6. The van der Waals surface area contributed by atoms with E-state index in [2.05, 4.69) is 16.4 Å². The second-order valence-corrected chi connectivity index (χ2v) is 7.63. The topological polar surface area (TPSA) is 112 Å². The lowest BCUT2D eigenvalue weighted by Gasteiger charge is -2.24. The van der Waals surface area contributed by atoms with Crippen molar-refractivity contribution in [2.45, 2.75) is 19.3 Å². The number of nitrogen functional groups attached to an aromatic ring is 1. The van der Waals surface area contributed by atoms with E-state index < -0.39 is 0 Å². The summed E-state index contributed by atoms with van der Waals surface area (Å²) in [5, 5.41) is 13.1. The molecule has 0 aliphatic carbocycles. The van der Waals surface area contributed by atoms with Gasteiger partial charge >= 0.3 is 0 Å². The van der Waals surface area contributed by atoms with Crippen LogP contribution in [-0.2, 0) is 4.79 Å². The number of aryl methyl sites for hydroxylation is 1. The Kier molecular flexibility index (Phi) is 4.32. The molecule has 0 bridgehead atoms. The predicted molar refractivity (Wildman–Crippen MR) is 107 cm³/mol. The predicted octanol–water partition coefficient (Wildman–Crippen LogP) is 2.97. The smallest absolute Gasteiger partial charge is 0.289 e. The highest BCUT2D eigenvalue weighted by molar-refractivity contribution is 7.23. The zero-order valence-corrected chi connectivity index (χ0v) is 16.5. The molecular formula is C20H19N4O3S+. The van der Waals surface area contributed by atoms with Crippen LogP contribution in [0.1, 0.15) is 34.6 Å². The molecule has 2 aromatic heterocycles. The van der Waals surface area contributed by atoms with E-state index in [-0.39, 0.29) is 18.2 Å². The molecule has 0 spiro atoms. The minimum atomic E-state index is -0.231. The number of nitrogens with zero attached hydrogens (tertiary/aromatic N) is 1. The Balaban J connectivity index is 2.02. The maximum absolute atomic E-state index is 12.5. The molecule has 8 heteroatoms. The molecule has 1 amide bonds. The van der Waals surface area contributed by atoms with E-state index in [1.807, 2.05) is 25.1 Å². The first-order chi connectivity index (χ1) is 13.5. The molecule has 0 saturated heterocycles. The van der Waals surface area contributed by atoms with Gasteiger partial charge in [-0.1, -0.05) is 0 Å². The molecule has 1 aromatic carbocycles. The summed E-state index contributed by atoms with van der Waals surface area (Å²) in [4.78, 5) is 15.6. The monoisotopic (exact) mass is 395 g/mol. The molecule has 4 rings (SSSR count). The number of methoxy groups -OCH3 is 2. The highest BCUT2D eigenvalue weighted by Gasteiger charge is 2.35. The average Bonchev–Trinajstić information content (AvgIpc) is 3.05. The first kappa shape index (κ1) is 18.1. The third-order valence-corrected chi connectivity index (χ3v) is 6.35. The summed E-state index contributed by atoms with van der Waals surface area (Å²) in [7, 11) is 3.21. The molecule has 28 heavy (non-hydrogen) atoms. The van der Waals surface area contributed by atoms with Crippen molar-refractivity contribution >= 4 is 38.3 Å². The number of fused-ring (bicyclic) bond motifs is 3. The number of anilines is 2. The average molecular weight is 395 g/mol. The number of nitriles is 1. The highest BCUT2D eigenvalue weighted by atomic mass is 32.1. The van der Waals surface area contributed by atoms with E-state index in [0.717, 1.165) is 31.9 Å². The SMILES string of the molecule is COc1ccc(OC)c([C@@H]2CC(=O)Nc3sc4c(C)c(C#N)c(N)[nH+]c4c32)c1. The van der Waals surface area contributed by atoms with Gasteiger partial charge in [-0.2, -0.15) is 5.26 Å². The number of amides is 1. The van der Waals surface area contributed by atoms with Gasteiger partial charge in [0, 0.05) is 23.5 Å². The van der Waals surface area contributed by atoms with Gasteiger partial charge in [0.15, 0.2) is 0 Å². The molecule has 3 heterocycles. The molecule has 3 aromatic rings. The minimum Gasteiger partial charge on any atom is -0.497 e. The zero-order valence-electron chi connectivity index (χ0n) is 15.7. The number of pyridine rings is 1. The lowest BCUT2D eigenvalue weighted by molar-refractivity contribution is -0.327. The number of thiophene rings is 1. The van der Waals surface area contributed by atoms with Crippen LogP contribution in [0, 0.1) is 18.3 Å². The van der Waals surface area contributed by atoms with Gasteiger partial charge in [0.25, 0.3) is 5.82 Å². The summed E-state index contributed by atoms with van der Waals surface area (Å²) in [6.45, 7) is 1.87. The number of H-pyrrole nitrogens is 1. The molecule has 0 radical (unpaired) electrons. The van der Waals surface area contributed by atoms with Crippen LogP contribution in [0.3, 0.4) is 0 Å². The summed E-state index contributed by atoms with van der Waals surface area (Å²) in [6.07, 6.45) is 0.273. The van der Waals surface area contributed by atoms with Crippen LogP contribution in [0.2, 0.25) is 0 Å². The molecule has 1 aliphatic heterocycles. The zero-order chi connectivity index (χ0) is 20.0. The molecule has 142 valence electrons. The van der Waals surface area contributed by atoms with Gasteiger partial charge < -0.3 is 14.8 Å². The van der Waals surface area contributed by atoms with Crippen LogP contribution in [0.25, 0.3) is 10.2 Å². The molecule has 0 unspecified atom stereocenters. The quantitative estimate of drug-likeness (QED) is 0.708. The Labute approximate surface area is 165 Å². The third-order valence-electron chi connectivity index (χ3n) is 5.10. The van der Waals surface area contributed by atoms with E-state index in [0.29, 0.717) is 22.9 Å². The van der Waals surface area contributed by atoms with Gasteiger partial charge in [-0.25, -0.2) is 4.98 Å². The molecule has 1 aliphatic rings. The van der Waals surface area contributed by atoms with Gasteiger partial charge in [-0.3, -0.25) is 10.5 Å². The Morgan fingerprint density at radius 1 is 1.36 bits per heavy atom. The fraction of sp³-hybridized carbons (Fsp3) is 0.250. The van der Waals surface area contributed by atoms with Crippen molar-refractivity contribution in [2.75, 3.05) is 25.3 Å². The lowest BCUT2D eigenvalue weighted by atomic mass is 9.85. The van der Waals surface area contributed by atoms with E-state index in [1.165, 1.54) is 11.3 Å². The van der Waals surface area contributed by atoms with Crippen molar-refractivity contribution in [3.8, 4) is 17.6 Å².